The molecular formula is C22H38N2. The molecule has 0 aromatic heterocycles. The van der Waals surface area contributed by atoms with Crippen LogP contribution in [-0.2, 0) is 13.0 Å². The van der Waals surface area contributed by atoms with Crippen LogP contribution < -0.4 is 0 Å². The third kappa shape index (κ3) is 6.57. The van der Waals surface area contributed by atoms with E-state index >= 15 is 0 Å². The summed E-state index contributed by atoms with van der Waals surface area (Å²) in [7, 11) is 0. The fraction of sp³-hybridized carbons (Fsp3) is 0.727. The highest BCUT2D eigenvalue weighted by Gasteiger charge is 2.18. The molecule has 1 saturated carbocycles. The molecule has 2 heteroatoms. The molecular weight excluding hydrogens is 292 g/mol. The summed E-state index contributed by atoms with van der Waals surface area (Å²) in [6.07, 6.45) is 8.36. The van der Waals surface area contributed by atoms with Gasteiger partial charge in [-0.25, -0.2) is 0 Å². The van der Waals surface area contributed by atoms with Crippen LogP contribution >= 0.6 is 0 Å². The van der Waals surface area contributed by atoms with Crippen LogP contribution in [0.15, 0.2) is 24.3 Å². The third-order valence-corrected chi connectivity index (χ3v) is 5.67. The molecule has 1 fully saturated rings. The smallest absolute Gasteiger partial charge is 0.0234 e. The lowest BCUT2D eigenvalue weighted by Crippen LogP contribution is -2.37. The number of hydrogen-bond donors (Lipinski definition) is 0. The summed E-state index contributed by atoms with van der Waals surface area (Å²) in [5.41, 5.74) is 2.96. The van der Waals surface area contributed by atoms with Crippen LogP contribution in [-0.4, -0.2) is 42.5 Å². The molecule has 0 spiro atoms. The molecule has 1 aromatic carbocycles. The van der Waals surface area contributed by atoms with E-state index in [1.807, 2.05) is 0 Å². The van der Waals surface area contributed by atoms with Gasteiger partial charge in [0, 0.05) is 26.2 Å². The Morgan fingerprint density at radius 2 is 1.54 bits per heavy atom. The number of aryl methyl sites for hydroxylation is 1. The molecule has 0 bridgehead atoms. The molecule has 0 saturated heterocycles. The molecule has 0 amide bonds. The molecule has 1 aliphatic carbocycles. The van der Waals surface area contributed by atoms with Gasteiger partial charge in [-0.1, -0.05) is 64.3 Å². The summed E-state index contributed by atoms with van der Waals surface area (Å²) in [6, 6.07) is 9.21. The second kappa shape index (κ2) is 10.9. The SMILES string of the molecule is CCc1cccc(CN(CCN(CC)CC)CC2CCCCC2)c1. The third-order valence-electron chi connectivity index (χ3n) is 5.67. The van der Waals surface area contributed by atoms with E-state index in [9.17, 15) is 0 Å². The lowest BCUT2D eigenvalue weighted by Gasteiger charge is -2.31. The van der Waals surface area contributed by atoms with Crippen molar-refractivity contribution in [2.75, 3.05) is 32.7 Å². The van der Waals surface area contributed by atoms with Gasteiger partial charge in [-0.3, -0.25) is 4.90 Å². The number of benzene rings is 1. The van der Waals surface area contributed by atoms with Gasteiger partial charge in [-0.2, -0.15) is 0 Å². The minimum absolute atomic E-state index is 0.921. The molecule has 1 aliphatic rings. The standard InChI is InChI=1S/C22H38N2/c1-4-20-13-10-14-22(17-20)19-24(16-15-23(5-2)6-3)18-21-11-8-7-9-12-21/h10,13-14,17,21H,4-9,11-12,15-16,18-19H2,1-3H3. The fourth-order valence-corrected chi connectivity index (χ4v) is 4.00. The highest BCUT2D eigenvalue weighted by Crippen LogP contribution is 2.25. The van der Waals surface area contributed by atoms with Crippen LogP contribution in [0, 0.1) is 5.92 Å². The van der Waals surface area contributed by atoms with E-state index < -0.39 is 0 Å². The van der Waals surface area contributed by atoms with E-state index in [-0.39, 0.29) is 0 Å². The van der Waals surface area contributed by atoms with Crippen LogP contribution in [0.5, 0.6) is 0 Å². The van der Waals surface area contributed by atoms with Gasteiger partial charge in [-0.05, 0) is 49.4 Å². The molecule has 136 valence electrons. The Morgan fingerprint density at radius 1 is 0.875 bits per heavy atom. The van der Waals surface area contributed by atoms with Gasteiger partial charge in [0.2, 0.25) is 0 Å². The van der Waals surface area contributed by atoms with Gasteiger partial charge >= 0.3 is 0 Å². The van der Waals surface area contributed by atoms with E-state index in [0.29, 0.717) is 0 Å². The Morgan fingerprint density at radius 3 is 2.21 bits per heavy atom. The van der Waals surface area contributed by atoms with Crippen LogP contribution in [0.4, 0.5) is 0 Å². The summed E-state index contributed by atoms with van der Waals surface area (Å²) < 4.78 is 0. The molecule has 2 rings (SSSR count). The first kappa shape index (κ1) is 19.5. The van der Waals surface area contributed by atoms with Crippen LogP contribution in [0.25, 0.3) is 0 Å². The summed E-state index contributed by atoms with van der Waals surface area (Å²) in [5.74, 6) is 0.921. The maximum atomic E-state index is 2.73. The van der Waals surface area contributed by atoms with Crippen LogP contribution in [0.3, 0.4) is 0 Å². The molecule has 0 aliphatic heterocycles. The number of likely N-dealkylation sites (N-methyl/N-ethyl adjacent to an activating group) is 1. The van der Waals surface area contributed by atoms with Crippen molar-refractivity contribution in [1.29, 1.82) is 0 Å². The van der Waals surface area contributed by atoms with E-state index in [0.717, 1.165) is 18.9 Å². The minimum Gasteiger partial charge on any atom is -0.303 e. The van der Waals surface area contributed by atoms with E-state index in [2.05, 4.69) is 54.8 Å². The van der Waals surface area contributed by atoms with Gasteiger partial charge in [0.25, 0.3) is 0 Å². The van der Waals surface area contributed by atoms with Crippen molar-refractivity contribution in [1.82, 2.24) is 9.80 Å². The van der Waals surface area contributed by atoms with Gasteiger partial charge < -0.3 is 4.90 Å². The van der Waals surface area contributed by atoms with Gasteiger partial charge in [0.05, 0.1) is 0 Å². The topological polar surface area (TPSA) is 6.48 Å². The van der Waals surface area contributed by atoms with E-state index in [1.165, 1.54) is 76.0 Å². The predicted molar refractivity (Wildman–Crippen MR) is 105 cm³/mol. The first-order valence-corrected chi connectivity index (χ1v) is 10.3. The number of nitrogens with zero attached hydrogens (tertiary/aromatic N) is 2. The average molecular weight is 331 g/mol. The Bertz CT molecular complexity index is 447. The highest BCUT2D eigenvalue weighted by atomic mass is 15.2. The first-order valence-electron chi connectivity index (χ1n) is 10.3. The summed E-state index contributed by atoms with van der Waals surface area (Å²) in [6.45, 7) is 13.9. The Kier molecular flexibility index (Phi) is 8.83. The van der Waals surface area contributed by atoms with E-state index in [1.54, 1.807) is 0 Å². The zero-order chi connectivity index (χ0) is 17.2. The second-order valence-electron chi connectivity index (χ2n) is 7.44. The molecule has 2 nitrogen and oxygen atoms in total. The average Bonchev–Trinajstić information content (AvgIpc) is 2.63. The molecule has 0 radical (unpaired) electrons. The summed E-state index contributed by atoms with van der Waals surface area (Å²) in [4.78, 5) is 5.28. The number of hydrogen-bond acceptors (Lipinski definition) is 2. The van der Waals surface area contributed by atoms with Crippen molar-refractivity contribution in [3.05, 3.63) is 35.4 Å². The second-order valence-corrected chi connectivity index (χ2v) is 7.44. The van der Waals surface area contributed by atoms with Gasteiger partial charge in [0.1, 0.15) is 0 Å². The largest absolute Gasteiger partial charge is 0.303 e. The molecule has 0 unspecified atom stereocenters. The normalized spacial score (nSPS) is 16.2. The van der Waals surface area contributed by atoms with Gasteiger partial charge in [-0.15, -0.1) is 0 Å². The minimum atomic E-state index is 0.921. The lowest BCUT2D eigenvalue weighted by atomic mass is 9.89. The van der Waals surface area contributed by atoms with Crippen LogP contribution in [0.1, 0.15) is 64.0 Å². The lowest BCUT2D eigenvalue weighted by molar-refractivity contribution is 0.167. The van der Waals surface area contributed by atoms with Crippen LogP contribution in [0.2, 0.25) is 0 Å². The fourth-order valence-electron chi connectivity index (χ4n) is 4.00. The van der Waals surface area contributed by atoms with Gasteiger partial charge in [0.15, 0.2) is 0 Å². The quantitative estimate of drug-likeness (QED) is 0.597. The van der Waals surface area contributed by atoms with Crippen molar-refractivity contribution in [3.8, 4) is 0 Å². The van der Waals surface area contributed by atoms with Crippen molar-refractivity contribution in [2.45, 2.75) is 65.8 Å². The molecule has 0 N–H and O–H groups in total. The number of rotatable bonds is 10. The molecule has 0 atom stereocenters. The van der Waals surface area contributed by atoms with Crippen molar-refractivity contribution in [2.24, 2.45) is 5.92 Å². The van der Waals surface area contributed by atoms with Crippen molar-refractivity contribution in [3.63, 3.8) is 0 Å². The Balaban J connectivity index is 1.96. The maximum Gasteiger partial charge on any atom is 0.0234 e. The zero-order valence-electron chi connectivity index (χ0n) is 16.3. The first-order chi connectivity index (χ1) is 11.7. The summed E-state index contributed by atoms with van der Waals surface area (Å²) >= 11 is 0. The van der Waals surface area contributed by atoms with E-state index in [4.69, 9.17) is 0 Å². The van der Waals surface area contributed by atoms with Crippen molar-refractivity contribution >= 4 is 0 Å². The van der Waals surface area contributed by atoms with Crippen molar-refractivity contribution < 1.29 is 0 Å². The Labute approximate surface area is 150 Å². The molecule has 1 aromatic rings. The monoisotopic (exact) mass is 330 g/mol. The predicted octanol–water partition coefficient (Wildman–Crippen LogP) is 4.97. The maximum absolute atomic E-state index is 2.73. The highest BCUT2D eigenvalue weighted by molar-refractivity contribution is 5.23. The molecule has 24 heavy (non-hydrogen) atoms. The Hall–Kier alpha value is -0.860. The zero-order valence-corrected chi connectivity index (χ0v) is 16.3. The molecule has 0 heterocycles. The summed E-state index contributed by atoms with van der Waals surface area (Å²) in [5, 5.41) is 0.